The van der Waals surface area contributed by atoms with Gasteiger partial charge >= 0.3 is 0 Å². The third-order valence-corrected chi connectivity index (χ3v) is 5.79. The molecule has 2 N–H and O–H groups in total. The molecule has 1 saturated heterocycles. The van der Waals surface area contributed by atoms with Gasteiger partial charge in [-0.3, -0.25) is 9.59 Å². The van der Waals surface area contributed by atoms with Gasteiger partial charge < -0.3 is 14.5 Å². The van der Waals surface area contributed by atoms with Crippen LogP contribution in [-0.2, 0) is 21.2 Å². The highest BCUT2D eigenvalue weighted by molar-refractivity contribution is 7.89. The molecule has 0 aliphatic carbocycles. The molecule has 3 rings (SSSR count). The van der Waals surface area contributed by atoms with Gasteiger partial charge in [-0.25, -0.2) is 13.6 Å². The van der Waals surface area contributed by atoms with Gasteiger partial charge in [0.2, 0.25) is 15.9 Å². The molecule has 9 heteroatoms. The van der Waals surface area contributed by atoms with Crippen molar-refractivity contribution in [1.29, 1.82) is 0 Å². The summed E-state index contributed by atoms with van der Waals surface area (Å²) in [6, 6.07) is 12.9. The van der Waals surface area contributed by atoms with Crippen molar-refractivity contribution in [1.82, 2.24) is 9.80 Å². The maximum Gasteiger partial charge on any atom is 0.253 e. The predicted octanol–water partition coefficient (Wildman–Crippen LogP) is 0.870. The molecule has 1 heterocycles. The highest BCUT2D eigenvalue weighted by Gasteiger charge is 2.25. The summed E-state index contributed by atoms with van der Waals surface area (Å²) in [6.07, 6.45) is 0.164. The van der Waals surface area contributed by atoms with Gasteiger partial charge in [-0.2, -0.15) is 0 Å². The Morgan fingerprint density at radius 2 is 1.48 bits per heavy atom. The zero-order valence-electron chi connectivity index (χ0n) is 16.1. The van der Waals surface area contributed by atoms with E-state index in [1.165, 1.54) is 12.1 Å². The first-order valence-electron chi connectivity index (χ1n) is 9.11. The molecule has 1 aliphatic rings. The number of sulfonamides is 1. The third kappa shape index (κ3) is 5.12. The van der Waals surface area contributed by atoms with Crippen LogP contribution in [0.3, 0.4) is 0 Å². The monoisotopic (exact) mass is 417 g/mol. The van der Waals surface area contributed by atoms with E-state index in [2.05, 4.69) is 0 Å². The molecule has 0 unspecified atom stereocenters. The smallest absolute Gasteiger partial charge is 0.253 e. The number of carbonyl (C=O) groups excluding carboxylic acids is 2. The fourth-order valence-corrected chi connectivity index (χ4v) is 3.67. The van der Waals surface area contributed by atoms with Crippen molar-refractivity contribution in [3.05, 3.63) is 59.7 Å². The lowest BCUT2D eigenvalue weighted by atomic mass is 10.1. The Labute approximate surface area is 169 Å². The van der Waals surface area contributed by atoms with Crippen molar-refractivity contribution in [2.45, 2.75) is 11.3 Å². The van der Waals surface area contributed by atoms with Gasteiger partial charge in [0.15, 0.2) is 0 Å². The Morgan fingerprint density at radius 1 is 0.931 bits per heavy atom. The van der Waals surface area contributed by atoms with E-state index in [-0.39, 0.29) is 23.1 Å². The summed E-state index contributed by atoms with van der Waals surface area (Å²) in [6.45, 7) is 1.83. The SMILES string of the molecule is COc1ccc(C(=O)N2CCN(C(=O)Cc3ccc(S(N)(=O)=O)cc3)CC2)cc1. The average molecular weight is 417 g/mol. The van der Waals surface area contributed by atoms with Crippen molar-refractivity contribution in [2.75, 3.05) is 33.3 Å². The fraction of sp³-hybridized carbons (Fsp3) is 0.300. The quantitative estimate of drug-likeness (QED) is 0.776. The van der Waals surface area contributed by atoms with Crippen molar-refractivity contribution in [3.8, 4) is 5.75 Å². The molecule has 0 spiro atoms. The normalized spacial score (nSPS) is 14.6. The number of nitrogens with zero attached hydrogens (tertiary/aromatic N) is 2. The standard InChI is InChI=1S/C20H23N3O5S/c1-28-17-6-4-16(5-7-17)20(25)23-12-10-22(11-13-23)19(24)14-15-2-8-18(9-3-15)29(21,26)27/h2-9H,10-14H2,1H3,(H2,21,26,27). The molecule has 2 aromatic carbocycles. The lowest BCUT2D eigenvalue weighted by Gasteiger charge is -2.35. The van der Waals surface area contributed by atoms with E-state index in [0.29, 0.717) is 43.1 Å². The molecule has 154 valence electrons. The van der Waals surface area contributed by atoms with Gasteiger partial charge in [0.05, 0.1) is 18.4 Å². The van der Waals surface area contributed by atoms with Crippen LogP contribution in [0.4, 0.5) is 0 Å². The molecule has 0 aromatic heterocycles. The number of methoxy groups -OCH3 is 1. The second kappa shape index (κ2) is 8.62. The number of primary sulfonamides is 1. The van der Waals surface area contributed by atoms with Crippen LogP contribution in [0.5, 0.6) is 5.75 Å². The second-order valence-electron chi connectivity index (χ2n) is 6.77. The van der Waals surface area contributed by atoms with E-state index in [0.717, 1.165) is 0 Å². The number of nitrogens with two attached hydrogens (primary N) is 1. The zero-order chi connectivity index (χ0) is 21.0. The molecule has 2 aromatic rings. The number of amides is 2. The van der Waals surface area contributed by atoms with Gasteiger partial charge in [0.1, 0.15) is 5.75 Å². The number of hydrogen-bond donors (Lipinski definition) is 1. The minimum Gasteiger partial charge on any atom is -0.497 e. The van der Waals surface area contributed by atoms with Crippen molar-refractivity contribution in [3.63, 3.8) is 0 Å². The third-order valence-electron chi connectivity index (χ3n) is 4.86. The van der Waals surface area contributed by atoms with E-state index >= 15 is 0 Å². The number of carbonyl (C=O) groups is 2. The van der Waals surface area contributed by atoms with E-state index in [4.69, 9.17) is 9.88 Å². The predicted molar refractivity (Wildman–Crippen MR) is 107 cm³/mol. The maximum atomic E-state index is 12.6. The summed E-state index contributed by atoms with van der Waals surface area (Å²) in [4.78, 5) is 28.6. The molecule has 8 nitrogen and oxygen atoms in total. The van der Waals surface area contributed by atoms with Crippen LogP contribution in [-0.4, -0.2) is 63.3 Å². The van der Waals surface area contributed by atoms with Crippen LogP contribution in [0, 0.1) is 0 Å². The number of ether oxygens (including phenoxy) is 1. The Balaban J connectivity index is 1.54. The largest absolute Gasteiger partial charge is 0.497 e. The van der Waals surface area contributed by atoms with E-state index < -0.39 is 10.0 Å². The van der Waals surface area contributed by atoms with Crippen LogP contribution < -0.4 is 9.88 Å². The van der Waals surface area contributed by atoms with Gasteiger partial charge in [-0.1, -0.05) is 12.1 Å². The lowest BCUT2D eigenvalue weighted by Crippen LogP contribution is -2.51. The summed E-state index contributed by atoms with van der Waals surface area (Å²) in [5.74, 6) is 0.553. The first-order chi connectivity index (χ1) is 13.8. The Hall–Kier alpha value is -2.91. The molecule has 1 aliphatic heterocycles. The van der Waals surface area contributed by atoms with Crippen molar-refractivity contribution in [2.24, 2.45) is 5.14 Å². The van der Waals surface area contributed by atoms with Gasteiger partial charge in [-0.15, -0.1) is 0 Å². The molecular formula is C20H23N3O5S. The highest BCUT2D eigenvalue weighted by Crippen LogP contribution is 2.15. The lowest BCUT2D eigenvalue weighted by molar-refractivity contribution is -0.131. The van der Waals surface area contributed by atoms with Crippen LogP contribution >= 0.6 is 0 Å². The van der Waals surface area contributed by atoms with Gasteiger partial charge in [0.25, 0.3) is 5.91 Å². The van der Waals surface area contributed by atoms with Crippen LogP contribution in [0.15, 0.2) is 53.4 Å². The minimum atomic E-state index is -3.75. The Kier molecular flexibility index (Phi) is 6.19. The van der Waals surface area contributed by atoms with Gasteiger partial charge in [0, 0.05) is 31.7 Å². The molecule has 0 bridgehead atoms. The number of piperazine rings is 1. The fourth-order valence-electron chi connectivity index (χ4n) is 3.16. The molecular weight excluding hydrogens is 394 g/mol. The van der Waals surface area contributed by atoms with E-state index in [1.807, 2.05) is 0 Å². The second-order valence-corrected chi connectivity index (χ2v) is 8.33. The zero-order valence-corrected chi connectivity index (χ0v) is 16.9. The average Bonchev–Trinajstić information content (AvgIpc) is 2.73. The Bertz CT molecular complexity index is 980. The maximum absolute atomic E-state index is 12.6. The van der Waals surface area contributed by atoms with E-state index in [9.17, 15) is 18.0 Å². The number of rotatable bonds is 5. The van der Waals surface area contributed by atoms with E-state index in [1.54, 1.807) is 53.3 Å². The highest BCUT2D eigenvalue weighted by atomic mass is 32.2. The minimum absolute atomic E-state index is 0.0133. The topological polar surface area (TPSA) is 110 Å². The summed E-state index contributed by atoms with van der Waals surface area (Å²) < 4.78 is 27.7. The number of hydrogen-bond acceptors (Lipinski definition) is 5. The summed E-state index contributed by atoms with van der Waals surface area (Å²) in [5.41, 5.74) is 1.29. The van der Waals surface area contributed by atoms with Crippen molar-refractivity contribution >= 4 is 21.8 Å². The molecule has 29 heavy (non-hydrogen) atoms. The molecule has 2 amide bonds. The van der Waals surface area contributed by atoms with Gasteiger partial charge in [-0.05, 0) is 42.0 Å². The van der Waals surface area contributed by atoms with Crippen LogP contribution in [0.2, 0.25) is 0 Å². The molecule has 0 saturated carbocycles. The van der Waals surface area contributed by atoms with Crippen LogP contribution in [0.1, 0.15) is 15.9 Å². The molecule has 0 atom stereocenters. The first-order valence-corrected chi connectivity index (χ1v) is 10.7. The number of benzene rings is 2. The molecule has 1 fully saturated rings. The van der Waals surface area contributed by atoms with Crippen LogP contribution in [0.25, 0.3) is 0 Å². The summed E-state index contributed by atoms with van der Waals surface area (Å²) >= 11 is 0. The summed E-state index contributed by atoms with van der Waals surface area (Å²) in [7, 11) is -2.18. The summed E-state index contributed by atoms with van der Waals surface area (Å²) in [5, 5.41) is 5.08. The first kappa shape index (κ1) is 20.8. The van der Waals surface area contributed by atoms with Crippen molar-refractivity contribution < 1.29 is 22.7 Å². The Morgan fingerprint density at radius 3 is 2.00 bits per heavy atom. The molecule has 0 radical (unpaired) electrons.